The van der Waals surface area contributed by atoms with Crippen molar-refractivity contribution in [3.05, 3.63) is 59.5 Å². The molecule has 1 aromatic heterocycles. The minimum atomic E-state index is -0.330. The van der Waals surface area contributed by atoms with Crippen LogP contribution in [0.15, 0.2) is 47.0 Å². The second-order valence-corrected chi connectivity index (χ2v) is 7.20. The van der Waals surface area contributed by atoms with Crippen LogP contribution in [0.2, 0.25) is 0 Å². The summed E-state index contributed by atoms with van der Waals surface area (Å²) in [5.74, 6) is 2.45. The Balaban J connectivity index is 1.50. The van der Waals surface area contributed by atoms with Crippen molar-refractivity contribution >= 4 is 17.7 Å². The molecule has 0 aliphatic rings. The quantitative estimate of drug-likeness (QED) is 0.485. The van der Waals surface area contributed by atoms with E-state index in [2.05, 4.69) is 34.4 Å². The number of benzene rings is 2. The van der Waals surface area contributed by atoms with Crippen LogP contribution in [-0.4, -0.2) is 36.1 Å². The summed E-state index contributed by atoms with van der Waals surface area (Å²) in [6.45, 7) is 1.97. The molecule has 0 spiro atoms. The molecule has 29 heavy (non-hydrogen) atoms. The Morgan fingerprint density at radius 3 is 2.62 bits per heavy atom. The third-order valence-corrected chi connectivity index (χ3v) is 5.06. The lowest BCUT2D eigenvalue weighted by Gasteiger charge is -2.07. The second kappa shape index (κ2) is 9.97. The summed E-state index contributed by atoms with van der Waals surface area (Å²) < 4.78 is 20.9. The van der Waals surface area contributed by atoms with Crippen molar-refractivity contribution in [3.8, 4) is 22.9 Å². The number of aryl methyl sites for hydroxylation is 1. The number of carbonyl (C=O) groups is 1. The molecule has 0 aliphatic heterocycles. The number of methoxy groups -OCH3 is 2. The Bertz CT molecular complexity index is 956. The molecule has 0 N–H and O–H groups in total. The Morgan fingerprint density at radius 1 is 1.10 bits per heavy atom. The van der Waals surface area contributed by atoms with Gasteiger partial charge in [-0.3, -0.25) is 4.79 Å². The fraction of sp³-hybridized carbons (Fsp3) is 0.286. The largest absolute Gasteiger partial charge is 0.497 e. The number of hydrogen-bond donors (Lipinski definition) is 0. The van der Waals surface area contributed by atoms with Gasteiger partial charge in [0.1, 0.15) is 11.5 Å². The first-order valence-electron chi connectivity index (χ1n) is 8.93. The molecule has 0 bridgehead atoms. The normalized spacial score (nSPS) is 10.6. The van der Waals surface area contributed by atoms with Crippen LogP contribution < -0.4 is 9.47 Å². The van der Waals surface area contributed by atoms with Gasteiger partial charge in [0, 0.05) is 11.8 Å². The molecule has 0 amide bonds. The number of hydrogen-bond acceptors (Lipinski definition) is 8. The van der Waals surface area contributed by atoms with Crippen LogP contribution in [0.3, 0.4) is 0 Å². The Hall–Kier alpha value is -3.00. The van der Waals surface area contributed by atoms with Crippen LogP contribution in [0.4, 0.5) is 0 Å². The van der Waals surface area contributed by atoms with Crippen molar-refractivity contribution in [1.29, 1.82) is 0 Å². The van der Waals surface area contributed by atoms with Crippen LogP contribution in [0.1, 0.15) is 17.0 Å². The number of ether oxygens (including phenoxy) is 3. The van der Waals surface area contributed by atoms with Crippen molar-refractivity contribution in [2.75, 3.05) is 20.0 Å². The minimum absolute atomic E-state index is 0.0740. The zero-order chi connectivity index (χ0) is 20.6. The van der Waals surface area contributed by atoms with Crippen molar-refractivity contribution in [2.24, 2.45) is 0 Å². The molecule has 0 radical (unpaired) electrons. The molecule has 0 saturated carbocycles. The van der Waals surface area contributed by atoms with E-state index in [1.165, 1.54) is 22.9 Å². The average Bonchev–Trinajstić information content (AvgIpc) is 3.22. The van der Waals surface area contributed by atoms with Gasteiger partial charge in [-0.2, -0.15) is 4.98 Å². The standard InChI is InChI=1S/C21H22N2O5S/c1-14-4-6-15(7-5-14)12-29-13-20(24)27-11-19-22-21(23-28-19)17-9-8-16(25-2)10-18(17)26-3/h4-10H,11-13H2,1-3H3. The van der Waals surface area contributed by atoms with Gasteiger partial charge in [0.2, 0.25) is 5.82 Å². The van der Waals surface area contributed by atoms with Gasteiger partial charge in [-0.05, 0) is 24.6 Å². The molecule has 0 fully saturated rings. The third kappa shape index (κ3) is 5.74. The molecule has 152 valence electrons. The number of nitrogens with zero attached hydrogens (tertiary/aromatic N) is 2. The van der Waals surface area contributed by atoms with Gasteiger partial charge >= 0.3 is 5.97 Å². The smallest absolute Gasteiger partial charge is 0.316 e. The van der Waals surface area contributed by atoms with E-state index in [1.54, 1.807) is 32.4 Å². The molecule has 3 rings (SSSR count). The highest BCUT2D eigenvalue weighted by Gasteiger charge is 2.15. The van der Waals surface area contributed by atoms with Gasteiger partial charge in [-0.1, -0.05) is 35.0 Å². The fourth-order valence-corrected chi connectivity index (χ4v) is 3.31. The van der Waals surface area contributed by atoms with Crippen LogP contribution in [-0.2, 0) is 21.9 Å². The van der Waals surface area contributed by atoms with Gasteiger partial charge in [-0.15, -0.1) is 11.8 Å². The van der Waals surface area contributed by atoms with Crippen LogP contribution >= 0.6 is 11.8 Å². The topological polar surface area (TPSA) is 83.7 Å². The lowest BCUT2D eigenvalue weighted by molar-refractivity contribution is -0.142. The zero-order valence-electron chi connectivity index (χ0n) is 16.5. The lowest BCUT2D eigenvalue weighted by Crippen LogP contribution is -2.07. The molecule has 0 unspecified atom stereocenters. The summed E-state index contributed by atoms with van der Waals surface area (Å²) in [4.78, 5) is 16.2. The van der Waals surface area contributed by atoms with E-state index >= 15 is 0 Å². The number of carbonyl (C=O) groups excluding carboxylic acids is 1. The lowest BCUT2D eigenvalue weighted by atomic mass is 10.2. The van der Waals surface area contributed by atoms with Gasteiger partial charge in [0.05, 0.1) is 25.5 Å². The van der Waals surface area contributed by atoms with Crippen molar-refractivity contribution < 1.29 is 23.5 Å². The monoisotopic (exact) mass is 414 g/mol. The molecule has 0 saturated heterocycles. The predicted octanol–water partition coefficient (Wildman–Crippen LogP) is 4.04. The van der Waals surface area contributed by atoms with Crippen LogP contribution in [0.25, 0.3) is 11.4 Å². The summed E-state index contributed by atoms with van der Waals surface area (Å²) in [6, 6.07) is 13.5. The molecule has 3 aromatic rings. The maximum atomic E-state index is 11.9. The first-order valence-corrected chi connectivity index (χ1v) is 10.1. The third-order valence-electron chi connectivity index (χ3n) is 4.08. The highest BCUT2D eigenvalue weighted by atomic mass is 32.2. The van der Waals surface area contributed by atoms with E-state index in [-0.39, 0.29) is 24.2 Å². The number of esters is 1. The molecular formula is C21H22N2O5S. The second-order valence-electron chi connectivity index (χ2n) is 6.22. The Labute approximate surface area is 173 Å². The van der Waals surface area contributed by atoms with Crippen molar-refractivity contribution in [2.45, 2.75) is 19.3 Å². The Morgan fingerprint density at radius 2 is 1.90 bits per heavy atom. The molecule has 0 atom stereocenters. The van der Waals surface area contributed by atoms with Gasteiger partial charge in [-0.25, -0.2) is 0 Å². The minimum Gasteiger partial charge on any atom is -0.497 e. The van der Waals surface area contributed by atoms with Gasteiger partial charge in [0.15, 0.2) is 6.61 Å². The summed E-state index contributed by atoms with van der Waals surface area (Å²) in [5.41, 5.74) is 3.04. The first kappa shape index (κ1) is 20.7. The van der Waals surface area contributed by atoms with E-state index in [9.17, 15) is 4.79 Å². The molecule has 1 heterocycles. The zero-order valence-corrected chi connectivity index (χ0v) is 17.3. The van der Waals surface area contributed by atoms with E-state index in [1.807, 2.05) is 6.92 Å². The summed E-state index contributed by atoms with van der Waals surface area (Å²) in [5, 5.41) is 3.93. The average molecular weight is 414 g/mol. The summed E-state index contributed by atoms with van der Waals surface area (Å²) >= 11 is 1.50. The van der Waals surface area contributed by atoms with E-state index in [0.29, 0.717) is 22.9 Å². The maximum Gasteiger partial charge on any atom is 0.316 e. The highest BCUT2D eigenvalue weighted by Crippen LogP contribution is 2.31. The summed E-state index contributed by atoms with van der Waals surface area (Å²) in [6.07, 6.45) is 0. The van der Waals surface area contributed by atoms with E-state index < -0.39 is 0 Å². The van der Waals surface area contributed by atoms with E-state index in [4.69, 9.17) is 18.7 Å². The van der Waals surface area contributed by atoms with Crippen molar-refractivity contribution in [1.82, 2.24) is 10.1 Å². The maximum absolute atomic E-state index is 11.9. The Kier molecular flexibility index (Phi) is 7.13. The SMILES string of the molecule is COc1ccc(-c2noc(COC(=O)CSCc3ccc(C)cc3)n2)c(OC)c1. The van der Waals surface area contributed by atoms with E-state index in [0.717, 1.165) is 5.75 Å². The molecule has 2 aromatic carbocycles. The van der Waals surface area contributed by atoms with Gasteiger partial charge < -0.3 is 18.7 Å². The van der Waals surface area contributed by atoms with Gasteiger partial charge in [0.25, 0.3) is 5.89 Å². The molecular weight excluding hydrogens is 392 g/mol. The predicted molar refractivity (Wildman–Crippen MR) is 110 cm³/mol. The number of thioether (sulfide) groups is 1. The molecule has 7 nitrogen and oxygen atoms in total. The fourth-order valence-electron chi connectivity index (χ4n) is 2.53. The number of aromatic nitrogens is 2. The first-order chi connectivity index (χ1) is 14.1. The molecule has 0 aliphatic carbocycles. The number of rotatable bonds is 9. The van der Waals surface area contributed by atoms with Crippen molar-refractivity contribution in [3.63, 3.8) is 0 Å². The van der Waals surface area contributed by atoms with Crippen LogP contribution in [0, 0.1) is 6.92 Å². The summed E-state index contributed by atoms with van der Waals surface area (Å²) in [7, 11) is 3.13. The van der Waals surface area contributed by atoms with Crippen LogP contribution in [0.5, 0.6) is 11.5 Å². The molecule has 8 heteroatoms. The highest BCUT2D eigenvalue weighted by molar-refractivity contribution is 7.99.